The normalized spacial score (nSPS) is 20.0. The van der Waals surface area contributed by atoms with E-state index >= 15 is 0 Å². The third-order valence-corrected chi connectivity index (χ3v) is 5.03. The number of hydrogen-bond donors (Lipinski definition) is 1. The van der Waals surface area contributed by atoms with Crippen LogP contribution >= 0.6 is 0 Å². The van der Waals surface area contributed by atoms with Crippen molar-refractivity contribution in [1.29, 1.82) is 0 Å². The number of aromatic nitrogens is 2. The van der Waals surface area contributed by atoms with E-state index in [1.54, 1.807) is 0 Å². The molecule has 5 heteroatoms. The quantitative estimate of drug-likeness (QED) is 0.865. The number of benzene rings is 1. The molecule has 1 aromatic heterocycles. The van der Waals surface area contributed by atoms with Crippen molar-refractivity contribution in [3.63, 3.8) is 0 Å². The monoisotopic (exact) mass is 343 g/mol. The standard InChI is InChI=1S/C20H26FN3O/c1-3-11-24-13-18(14(2)23-24)20(25)22-19-6-4-5-16(19)12-15-7-9-17(21)10-8-15/h7-10,13,16,19H,3-6,11-12H2,1-2H3,(H,22,25). The highest BCUT2D eigenvalue weighted by Crippen LogP contribution is 2.29. The van der Waals surface area contributed by atoms with Crippen LogP contribution in [-0.2, 0) is 13.0 Å². The Balaban J connectivity index is 1.64. The van der Waals surface area contributed by atoms with Crippen LogP contribution in [0.5, 0.6) is 0 Å². The Labute approximate surface area is 148 Å². The molecule has 2 atom stereocenters. The summed E-state index contributed by atoms with van der Waals surface area (Å²) in [4.78, 5) is 12.7. The van der Waals surface area contributed by atoms with Crippen molar-refractivity contribution in [2.24, 2.45) is 5.92 Å². The fourth-order valence-electron chi connectivity index (χ4n) is 3.72. The van der Waals surface area contributed by atoms with E-state index in [1.165, 1.54) is 12.1 Å². The SMILES string of the molecule is CCCn1cc(C(=O)NC2CCCC2Cc2ccc(F)cc2)c(C)n1. The summed E-state index contributed by atoms with van der Waals surface area (Å²) >= 11 is 0. The van der Waals surface area contributed by atoms with E-state index in [9.17, 15) is 9.18 Å². The van der Waals surface area contributed by atoms with Crippen molar-refractivity contribution < 1.29 is 9.18 Å². The Morgan fingerprint density at radius 2 is 2.08 bits per heavy atom. The van der Waals surface area contributed by atoms with Crippen molar-refractivity contribution in [1.82, 2.24) is 15.1 Å². The lowest BCUT2D eigenvalue weighted by Gasteiger charge is -2.21. The minimum absolute atomic E-state index is 0.0316. The van der Waals surface area contributed by atoms with Gasteiger partial charge in [0.05, 0.1) is 11.3 Å². The number of halogens is 1. The first kappa shape index (κ1) is 17.6. The third kappa shape index (κ3) is 4.27. The molecule has 1 aromatic carbocycles. The molecule has 0 bridgehead atoms. The van der Waals surface area contributed by atoms with Gasteiger partial charge in [0, 0.05) is 18.8 Å². The summed E-state index contributed by atoms with van der Waals surface area (Å²) in [5.41, 5.74) is 2.57. The van der Waals surface area contributed by atoms with Crippen LogP contribution in [0.15, 0.2) is 30.5 Å². The lowest BCUT2D eigenvalue weighted by atomic mass is 9.94. The molecule has 1 aliphatic carbocycles. The highest BCUT2D eigenvalue weighted by Gasteiger charge is 2.29. The molecule has 25 heavy (non-hydrogen) atoms. The lowest BCUT2D eigenvalue weighted by Crippen LogP contribution is -2.38. The van der Waals surface area contributed by atoms with Crippen LogP contribution in [0.4, 0.5) is 4.39 Å². The average molecular weight is 343 g/mol. The van der Waals surface area contributed by atoms with Gasteiger partial charge >= 0.3 is 0 Å². The summed E-state index contributed by atoms with van der Waals surface area (Å²) < 4.78 is 14.9. The topological polar surface area (TPSA) is 46.9 Å². The van der Waals surface area contributed by atoms with Crippen LogP contribution in [0.3, 0.4) is 0 Å². The Bertz CT molecular complexity index is 723. The molecule has 1 heterocycles. The van der Waals surface area contributed by atoms with Crippen LogP contribution in [0.1, 0.15) is 54.2 Å². The van der Waals surface area contributed by atoms with Crippen molar-refractivity contribution >= 4 is 5.91 Å². The van der Waals surface area contributed by atoms with Gasteiger partial charge in [-0.15, -0.1) is 0 Å². The second kappa shape index (κ2) is 7.81. The lowest BCUT2D eigenvalue weighted by molar-refractivity contribution is 0.0927. The van der Waals surface area contributed by atoms with Crippen LogP contribution in [0.2, 0.25) is 0 Å². The minimum Gasteiger partial charge on any atom is -0.349 e. The summed E-state index contributed by atoms with van der Waals surface area (Å²) in [5.74, 6) is 0.163. The first-order chi connectivity index (χ1) is 12.1. The van der Waals surface area contributed by atoms with Crippen molar-refractivity contribution in [3.05, 3.63) is 53.1 Å². The number of nitrogens with zero attached hydrogens (tertiary/aromatic N) is 2. The van der Waals surface area contributed by atoms with E-state index in [-0.39, 0.29) is 17.8 Å². The predicted molar refractivity (Wildman–Crippen MR) is 96.0 cm³/mol. The van der Waals surface area contributed by atoms with Gasteiger partial charge < -0.3 is 5.32 Å². The van der Waals surface area contributed by atoms with E-state index in [4.69, 9.17) is 0 Å². The number of carbonyl (C=O) groups is 1. The van der Waals surface area contributed by atoms with Crippen LogP contribution in [0.25, 0.3) is 0 Å². The maximum absolute atomic E-state index is 13.1. The van der Waals surface area contributed by atoms with E-state index in [0.29, 0.717) is 11.5 Å². The molecule has 1 fully saturated rings. The summed E-state index contributed by atoms with van der Waals surface area (Å²) in [6.45, 7) is 4.80. The molecule has 1 aliphatic rings. The average Bonchev–Trinajstić information content (AvgIpc) is 3.16. The molecular formula is C20H26FN3O. The van der Waals surface area contributed by atoms with Gasteiger partial charge in [-0.2, -0.15) is 5.10 Å². The van der Waals surface area contributed by atoms with E-state index in [0.717, 1.165) is 49.9 Å². The van der Waals surface area contributed by atoms with Gasteiger partial charge in [-0.3, -0.25) is 9.48 Å². The molecule has 1 amide bonds. The summed E-state index contributed by atoms with van der Waals surface area (Å²) in [6.07, 6.45) is 6.92. The molecule has 1 saturated carbocycles. The van der Waals surface area contributed by atoms with Gasteiger partial charge in [-0.05, 0) is 56.2 Å². The zero-order valence-corrected chi connectivity index (χ0v) is 15.0. The Kier molecular flexibility index (Phi) is 5.51. The van der Waals surface area contributed by atoms with Gasteiger partial charge in [-0.1, -0.05) is 25.5 Å². The number of amides is 1. The molecular weight excluding hydrogens is 317 g/mol. The van der Waals surface area contributed by atoms with Crippen LogP contribution in [0, 0.1) is 18.7 Å². The van der Waals surface area contributed by atoms with Gasteiger partial charge in [0.2, 0.25) is 0 Å². The van der Waals surface area contributed by atoms with Crippen molar-refractivity contribution in [2.45, 2.75) is 58.5 Å². The second-order valence-corrected chi connectivity index (χ2v) is 6.99. The summed E-state index contributed by atoms with van der Waals surface area (Å²) in [6, 6.07) is 6.86. The third-order valence-electron chi connectivity index (χ3n) is 5.03. The Hall–Kier alpha value is -2.17. The number of aryl methyl sites for hydroxylation is 2. The smallest absolute Gasteiger partial charge is 0.254 e. The molecule has 0 spiro atoms. The van der Waals surface area contributed by atoms with Gasteiger partial charge in [0.25, 0.3) is 5.91 Å². The molecule has 0 aliphatic heterocycles. The molecule has 4 nitrogen and oxygen atoms in total. The predicted octanol–water partition coefficient (Wildman–Crippen LogP) is 3.88. The maximum Gasteiger partial charge on any atom is 0.254 e. The number of rotatable bonds is 6. The van der Waals surface area contributed by atoms with Crippen molar-refractivity contribution in [2.75, 3.05) is 0 Å². The largest absolute Gasteiger partial charge is 0.349 e. The number of nitrogens with one attached hydrogen (secondary N) is 1. The molecule has 0 radical (unpaired) electrons. The maximum atomic E-state index is 13.1. The Morgan fingerprint density at radius 3 is 2.80 bits per heavy atom. The molecule has 1 N–H and O–H groups in total. The molecule has 2 unspecified atom stereocenters. The highest BCUT2D eigenvalue weighted by molar-refractivity contribution is 5.95. The van der Waals surface area contributed by atoms with Crippen LogP contribution in [-0.4, -0.2) is 21.7 Å². The fourth-order valence-corrected chi connectivity index (χ4v) is 3.72. The molecule has 0 saturated heterocycles. The fraction of sp³-hybridized carbons (Fsp3) is 0.500. The molecule has 3 rings (SSSR count). The molecule has 134 valence electrons. The minimum atomic E-state index is -0.209. The van der Waals surface area contributed by atoms with Gasteiger partial charge in [-0.25, -0.2) is 4.39 Å². The number of carbonyl (C=O) groups excluding carboxylic acids is 1. The summed E-state index contributed by atoms with van der Waals surface area (Å²) in [5, 5.41) is 7.62. The van der Waals surface area contributed by atoms with Gasteiger partial charge in [0.1, 0.15) is 5.82 Å². The first-order valence-corrected chi connectivity index (χ1v) is 9.16. The van der Waals surface area contributed by atoms with E-state index in [2.05, 4.69) is 17.3 Å². The first-order valence-electron chi connectivity index (χ1n) is 9.16. The second-order valence-electron chi connectivity index (χ2n) is 6.99. The van der Waals surface area contributed by atoms with Crippen LogP contribution < -0.4 is 5.32 Å². The summed E-state index contributed by atoms with van der Waals surface area (Å²) in [7, 11) is 0. The molecule has 2 aromatic rings. The zero-order valence-electron chi connectivity index (χ0n) is 15.0. The van der Waals surface area contributed by atoms with Gasteiger partial charge in [0.15, 0.2) is 0 Å². The Morgan fingerprint density at radius 1 is 1.32 bits per heavy atom. The van der Waals surface area contributed by atoms with Crippen molar-refractivity contribution in [3.8, 4) is 0 Å². The van der Waals surface area contributed by atoms with E-state index < -0.39 is 0 Å². The zero-order chi connectivity index (χ0) is 17.8. The number of hydrogen-bond acceptors (Lipinski definition) is 2. The highest BCUT2D eigenvalue weighted by atomic mass is 19.1. The van der Waals surface area contributed by atoms with E-state index in [1.807, 2.05) is 29.9 Å².